The van der Waals surface area contributed by atoms with E-state index in [1.165, 1.54) is 12.8 Å². The van der Waals surface area contributed by atoms with Crippen molar-refractivity contribution >= 4 is 21.7 Å². The molecular weight excluding hydrogens is 580 g/mol. The van der Waals surface area contributed by atoms with Crippen molar-refractivity contribution in [1.29, 1.82) is 0 Å². The molecular formula is C29H35F2N7O4S. The lowest BCUT2D eigenvalue weighted by Crippen LogP contribution is -2.40. The van der Waals surface area contributed by atoms with Gasteiger partial charge in [0.25, 0.3) is 11.8 Å². The smallest absolute Gasteiger partial charge is 0.266 e. The van der Waals surface area contributed by atoms with E-state index in [-0.39, 0.29) is 44.2 Å². The minimum Gasteiger partial charge on any atom is -0.415 e. The monoisotopic (exact) mass is 615 g/mol. The summed E-state index contributed by atoms with van der Waals surface area (Å²) in [4.78, 5) is 13.1. The summed E-state index contributed by atoms with van der Waals surface area (Å²) in [5, 5.41) is 19.5. The Bertz CT molecular complexity index is 1660. The number of alkyl halides is 2. The number of hydrogen-bond acceptors (Lipinski definition) is 10. The third kappa shape index (κ3) is 5.84. The van der Waals surface area contributed by atoms with Gasteiger partial charge in [0.15, 0.2) is 0 Å². The van der Waals surface area contributed by atoms with Gasteiger partial charge >= 0.3 is 0 Å². The summed E-state index contributed by atoms with van der Waals surface area (Å²) in [6, 6.07) is 7.47. The van der Waals surface area contributed by atoms with Crippen molar-refractivity contribution in [2.75, 3.05) is 42.2 Å². The van der Waals surface area contributed by atoms with Crippen LogP contribution in [0.5, 0.6) is 0 Å². The van der Waals surface area contributed by atoms with E-state index in [0.29, 0.717) is 28.6 Å². The molecule has 2 saturated heterocycles. The molecule has 43 heavy (non-hydrogen) atoms. The lowest BCUT2D eigenvalue weighted by molar-refractivity contribution is -0.0222. The number of hydrogen-bond donors (Lipinski definition) is 2. The number of anilines is 2. The molecule has 0 amide bonds. The molecule has 2 aromatic heterocycles. The number of aliphatic hydroxyl groups is 1. The van der Waals surface area contributed by atoms with Crippen LogP contribution >= 0.6 is 0 Å². The van der Waals surface area contributed by atoms with Crippen molar-refractivity contribution in [2.24, 2.45) is 5.41 Å². The first-order valence-corrected chi connectivity index (χ1v) is 16.6. The second kappa shape index (κ2) is 9.89. The highest BCUT2D eigenvalue weighted by molar-refractivity contribution is 7.88. The van der Waals surface area contributed by atoms with Crippen LogP contribution in [0.15, 0.2) is 28.7 Å². The lowest BCUT2D eigenvalue weighted by atomic mass is 9.92. The van der Waals surface area contributed by atoms with Crippen molar-refractivity contribution in [1.82, 2.24) is 24.9 Å². The van der Waals surface area contributed by atoms with Crippen LogP contribution < -0.4 is 14.5 Å². The third-order valence-corrected chi connectivity index (χ3v) is 10.1. The Morgan fingerprint density at radius 2 is 1.63 bits per heavy atom. The number of benzene rings is 1. The molecule has 4 aliphatic rings. The minimum absolute atomic E-state index is 0.160. The molecule has 14 heteroatoms. The van der Waals surface area contributed by atoms with Crippen LogP contribution in [0.3, 0.4) is 0 Å². The van der Waals surface area contributed by atoms with Gasteiger partial charge in [-0.2, -0.15) is 4.72 Å². The van der Waals surface area contributed by atoms with Crippen LogP contribution in [0.25, 0.3) is 23.0 Å². The van der Waals surface area contributed by atoms with Crippen molar-refractivity contribution in [3.63, 3.8) is 0 Å². The number of nitrogens with one attached hydrogen (secondary N) is 1. The summed E-state index contributed by atoms with van der Waals surface area (Å²) >= 11 is 0. The van der Waals surface area contributed by atoms with Gasteiger partial charge in [0.2, 0.25) is 21.9 Å². The molecule has 0 bridgehead atoms. The van der Waals surface area contributed by atoms with E-state index < -0.39 is 21.7 Å². The first kappa shape index (κ1) is 28.5. The Balaban J connectivity index is 1.19. The summed E-state index contributed by atoms with van der Waals surface area (Å²) in [5.74, 6) is -2.18. The molecule has 1 spiro atoms. The average Bonchev–Trinajstić information content (AvgIpc) is 3.78. The first-order valence-electron chi connectivity index (χ1n) is 14.7. The lowest BCUT2D eigenvalue weighted by Gasteiger charge is -2.35. The SMILES string of the molecule is Cc1cc(-c2nnc(-c3ccc(C4CC4(O)NS(C)(=O)=O)cc3N3CCC4(CC3)CC4)o2)nc(N2CCC(F)(F)CC2)n1. The number of nitrogens with zero attached hydrogens (tertiary/aromatic N) is 6. The fourth-order valence-electron chi connectivity index (χ4n) is 6.46. The maximum Gasteiger partial charge on any atom is 0.266 e. The molecule has 11 nitrogen and oxygen atoms in total. The van der Waals surface area contributed by atoms with E-state index in [9.17, 15) is 22.3 Å². The number of aromatic nitrogens is 4. The normalized spacial score (nSPS) is 26.1. The molecule has 230 valence electrons. The summed E-state index contributed by atoms with van der Waals surface area (Å²) in [5.41, 5.74) is 2.49. The number of piperidine rings is 2. The zero-order valence-corrected chi connectivity index (χ0v) is 25.0. The molecule has 2 N–H and O–H groups in total. The molecule has 4 heterocycles. The Morgan fingerprint density at radius 3 is 2.30 bits per heavy atom. The molecule has 4 fully saturated rings. The highest BCUT2D eigenvalue weighted by Crippen LogP contribution is 2.55. The maximum absolute atomic E-state index is 13.7. The van der Waals surface area contributed by atoms with Gasteiger partial charge in [-0.1, -0.05) is 6.07 Å². The van der Waals surface area contributed by atoms with Crippen LogP contribution in [-0.4, -0.2) is 77.8 Å². The number of rotatable bonds is 7. The molecule has 3 aromatic rings. The second-order valence-corrected chi connectivity index (χ2v) is 14.5. The quantitative estimate of drug-likeness (QED) is 0.377. The predicted octanol–water partition coefficient (Wildman–Crippen LogP) is 3.84. The standard InChI is InChI=1S/C29H35F2N7O4S/c1-18-15-22(33-26(32-18)38-13-9-28(30,31)10-14-38)25-35-34-24(42-25)20-4-3-19(21-17-29(21,39)36-43(2,40)41)16-23(20)37-11-7-27(5-6-27)8-12-37/h3-4,15-16,21,36,39H,5-14,17H2,1-2H3. The number of halogens is 2. The van der Waals surface area contributed by atoms with Gasteiger partial charge in [0.05, 0.1) is 11.8 Å². The number of sulfonamides is 1. The van der Waals surface area contributed by atoms with Crippen molar-refractivity contribution in [3.8, 4) is 23.0 Å². The van der Waals surface area contributed by atoms with Crippen LogP contribution in [0.1, 0.15) is 62.1 Å². The molecule has 2 aliphatic carbocycles. The first-order chi connectivity index (χ1) is 20.3. The highest BCUT2D eigenvalue weighted by Gasteiger charge is 2.56. The topological polar surface area (TPSA) is 138 Å². The molecule has 0 radical (unpaired) electrons. The van der Waals surface area contributed by atoms with Gasteiger partial charge in [0.1, 0.15) is 11.4 Å². The largest absolute Gasteiger partial charge is 0.415 e. The molecule has 2 aliphatic heterocycles. The van der Waals surface area contributed by atoms with Gasteiger partial charge in [-0.3, -0.25) is 0 Å². The molecule has 1 aromatic carbocycles. The Morgan fingerprint density at radius 1 is 0.953 bits per heavy atom. The van der Waals surface area contributed by atoms with Gasteiger partial charge in [-0.15, -0.1) is 10.2 Å². The third-order valence-electron chi connectivity index (χ3n) is 9.33. The van der Waals surface area contributed by atoms with Crippen molar-refractivity contribution < 1.29 is 26.7 Å². The Hall–Kier alpha value is -3.23. The summed E-state index contributed by atoms with van der Waals surface area (Å²) in [6.07, 6.45) is 5.57. The van der Waals surface area contributed by atoms with E-state index in [1.807, 2.05) is 25.1 Å². The zero-order chi connectivity index (χ0) is 30.2. The molecule has 2 saturated carbocycles. The summed E-state index contributed by atoms with van der Waals surface area (Å²) in [6.45, 7) is 3.87. The fourth-order valence-corrected chi connectivity index (χ4v) is 7.33. The van der Waals surface area contributed by atoms with Crippen molar-refractivity contribution in [2.45, 2.75) is 69.4 Å². The van der Waals surface area contributed by atoms with E-state index in [1.54, 1.807) is 11.0 Å². The van der Waals surface area contributed by atoms with Gasteiger partial charge in [0, 0.05) is 62.7 Å². The summed E-state index contributed by atoms with van der Waals surface area (Å²) in [7, 11) is -3.58. The molecule has 2 unspecified atom stereocenters. The van der Waals surface area contributed by atoms with Crippen LogP contribution in [0, 0.1) is 12.3 Å². The van der Waals surface area contributed by atoms with E-state index >= 15 is 0 Å². The van der Waals surface area contributed by atoms with E-state index in [0.717, 1.165) is 49.0 Å². The molecule has 2 atom stereocenters. The Labute approximate surface area is 248 Å². The maximum atomic E-state index is 13.7. The van der Waals surface area contributed by atoms with Crippen LogP contribution in [0.4, 0.5) is 20.4 Å². The van der Waals surface area contributed by atoms with Crippen molar-refractivity contribution in [3.05, 3.63) is 35.5 Å². The number of aryl methyl sites for hydroxylation is 1. The van der Waals surface area contributed by atoms with E-state index in [2.05, 4.69) is 29.8 Å². The summed E-state index contributed by atoms with van der Waals surface area (Å²) < 4.78 is 59.6. The molecule has 7 rings (SSSR count). The van der Waals surface area contributed by atoms with Gasteiger partial charge in [-0.05, 0) is 61.8 Å². The highest BCUT2D eigenvalue weighted by atomic mass is 32.2. The van der Waals surface area contributed by atoms with Gasteiger partial charge in [-0.25, -0.2) is 27.2 Å². The zero-order valence-electron chi connectivity index (χ0n) is 24.2. The average molecular weight is 616 g/mol. The van der Waals surface area contributed by atoms with Crippen LogP contribution in [-0.2, 0) is 10.0 Å². The Kier molecular flexibility index (Phi) is 6.57. The van der Waals surface area contributed by atoms with Gasteiger partial charge < -0.3 is 19.3 Å². The van der Waals surface area contributed by atoms with E-state index in [4.69, 9.17) is 4.42 Å². The fraction of sp³-hybridized carbons (Fsp3) is 0.586. The second-order valence-electron chi connectivity index (χ2n) is 12.8. The predicted molar refractivity (Wildman–Crippen MR) is 155 cm³/mol. The minimum atomic E-state index is -3.58. The van der Waals surface area contributed by atoms with Crippen LogP contribution in [0.2, 0.25) is 0 Å².